The van der Waals surface area contributed by atoms with Crippen molar-refractivity contribution in [2.24, 2.45) is 0 Å². The SMILES string of the molecule is O=C(O)c1cccc(-c2cccc3nc(C(O)c4cccc(C(F)(F)F)c4)cn23)c1. The van der Waals surface area contributed by atoms with Crippen molar-refractivity contribution in [3.8, 4) is 11.3 Å². The monoisotopic (exact) mass is 412 g/mol. The van der Waals surface area contributed by atoms with Gasteiger partial charge in [-0.2, -0.15) is 13.2 Å². The Balaban J connectivity index is 1.77. The van der Waals surface area contributed by atoms with Crippen molar-refractivity contribution in [1.82, 2.24) is 9.38 Å². The minimum Gasteiger partial charge on any atom is -0.478 e. The molecule has 0 aliphatic rings. The molecule has 2 aromatic heterocycles. The van der Waals surface area contributed by atoms with Crippen molar-refractivity contribution in [2.45, 2.75) is 12.3 Å². The van der Waals surface area contributed by atoms with Crippen LogP contribution in [0.5, 0.6) is 0 Å². The van der Waals surface area contributed by atoms with Crippen LogP contribution in [0.3, 0.4) is 0 Å². The summed E-state index contributed by atoms with van der Waals surface area (Å²) in [5.74, 6) is -1.06. The molecule has 0 bridgehead atoms. The van der Waals surface area contributed by atoms with Gasteiger partial charge in [-0.25, -0.2) is 9.78 Å². The lowest BCUT2D eigenvalue weighted by Gasteiger charge is -2.12. The minimum atomic E-state index is -4.52. The highest BCUT2D eigenvalue weighted by atomic mass is 19.4. The van der Waals surface area contributed by atoms with Gasteiger partial charge in [-0.05, 0) is 47.5 Å². The van der Waals surface area contributed by atoms with E-state index < -0.39 is 23.8 Å². The summed E-state index contributed by atoms with van der Waals surface area (Å²) in [5, 5.41) is 19.9. The van der Waals surface area contributed by atoms with Crippen molar-refractivity contribution < 1.29 is 28.2 Å². The maximum absolute atomic E-state index is 13.0. The minimum absolute atomic E-state index is 0.0719. The average molecular weight is 412 g/mol. The number of nitrogens with zero attached hydrogens (tertiary/aromatic N) is 2. The first kappa shape index (κ1) is 19.7. The Hall–Kier alpha value is -3.65. The number of aliphatic hydroxyl groups is 1. The number of rotatable bonds is 4. The number of fused-ring (bicyclic) bond motifs is 1. The summed E-state index contributed by atoms with van der Waals surface area (Å²) in [6.45, 7) is 0. The van der Waals surface area contributed by atoms with Crippen molar-refractivity contribution >= 4 is 11.6 Å². The zero-order chi connectivity index (χ0) is 21.5. The Labute approximate surface area is 168 Å². The number of benzene rings is 2. The molecule has 8 heteroatoms. The van der Waals surface area contributed by atoms with E-state index in [9.17, 15) is 28.2 Å². The molecule has 4 rings (SSSR count). The molecule has 0 radical (unpaired) electrons. The quantitative estimate of drug-likeness (QED) is 0.505. The van der Waals surface area contributed by atoms with Gasteiger partial charge in [0.15, 0.2) is 0 Å². The van der Waals surface area contributed by atoms with E-state index >= 15 is 0 Å². The Kier molecular flexibility index (Phi) is 4.79. The van der Waals surface area contributed by atoms with Crippen LogP contribution in [0.1, 0.15) is 33.3 Å². The molecule has 4 aromatic rings. The highest BCUT2D eigenvalue weighted by Gasteiger charge is 2.31. The zero-order valence-corrected chi connectivity index (χ0v) is 15.3. The van der Waals surface area contributed by atoms with Crippen LogP contribution >= 0.6 is 0 Å². The number of hydrogen-bond acceptors (Lipinski definition) is 3. The number of halogens is 3. The van der Waals surface area contributed by atoms with E-state index in [2.05, 4.69) is 4.98 Å². The Morgan fingerprint density at radius 3 is 2.47 bits per heavy atom. The highest BCUT2D eigenvalue weighted by molar-refractivity contribution is 5.89. The number of carboxylic acid groups (broad SMARTS) is 1. The fraction of sp³-hybridized carbons (Fsp3) is 0.0909. The summed E-state index contributed by atoms with van der Waals surface area (Å²) in [6, 6.07) is 16.0. The summed E-state index contributed by atoms with van der Waals surface area (Å²) >= 11 is 0. The number of imidazole rings is 1. The second-order valence-electron chi connectivity index (χ2n) is 6.72. The number of aromatic nitrogens is 2. The second-order valence-corrected chi connectivity index (χ2v) is 6.72. The topological polar surface area (TPSA) is 74.8 Å². The second kappa shape index (κ2) is 7.31. The van der Waals surface area contributed by atoms with Crippen molar-refractivity contribution in [3.63, 3.8) is 0 Å². The third-order valence-electron chi connectivity index (χ3n) is 4.73. The number of aliphatic hydroxyl groups excluding tert-OH is 1. The summed E-state index contributed by atoms with van der Waals surface area (Å²) in [7, 11) is 0. The van der Waals surface area contributed by atoms with Crippen LogP contribution in [-0.4, -0.2) is 25.6 Å². The predicted molar refractivity (Wildman–Crippen MR) is 103 cm³/mol. The summed E-state index contributed by atoms with van der Waals surface area (Å²) in [6.07, 6.45) is -4.34. The molecule has 2 aromatic carbocycles. The molecule has 0 aliphatic carbocycles. The lowest BCUT2D eigenvalue weighted by Crippen LogP contribution is -2.07. The van der Waals surface area contributed by atoms with E-state index in [1.807, 2.05) is 0 Å². The number of alkyl halides is 3. The lowest BCUT2D eigenvalue weighted by atomic mass is 10.0. The van der Waals surface area contributed by atoms with Gasteiger partial charge in [0.25, 0.3) is 0 Å². The van der Waals surface area contributed by atoms with Gasteiger partial charge in [-0.1, -0.05) is 30.3 Å². The largest absolute Gasteiger partial charge is 0.478 e. The van der Waals surface area contributed by atoms with Gasteiger partial charge in [0, 0.05) is 6.20 Å². The van der Waals surface area contributed by atoms with Crippen LogP contribution in [0.15, 0.2) is 72.9 Å². The first-order valence-corrected chi connectivity index (χ1v) is 8.91. The highest BCUT2D eigenvalue weighted by Crippen LogP contribution is 2.32. The molecule has 1 unspecified atom stereocenters. The predicted octanol–water partition coefficient (Wildman–Crippen LogP) is 4.80. The molecule has 0 spiro atoms. The van der Waals surface area contributed by atoms with Crippen molar-refractivity contribution in [2.75, 3.05) is 0 Å². The summed E-state index contributed by atoms with van der Waals surface area (Å²) < 4.78 is 40.6. The molecule has 1 atom stereocenters. The van der Waals surface area contributed by atoms with Gasteiger partial charge in [0.2, 0.25) is 0 Å². The molecule has 0 saturated carbocycles. The smallest absolute Gasteiger partial charge is 0.416 e. The Morgan fingerprint density at radius 2 is 1.73 bits per heavy atom. The first-order chi connectivity index (χ1) is 14.2. The van der Waals surface area contributed by atoms with E-state index in [0.29, 0.717) is 16.9 Å². The number of pyridine rings is 1. The van der Waals surface area contributed by atoms with Gasteiger partial charge in [-0.3, -0.25) is 4.40 Å². The maximum Gasteiger partial charge on any atom is 0.416 e. The standard InChI is InChI=1S/C22H15F3N2O3/c23-22(24,25)16-7-2-5-14(11-16)20(28)17-12-27-18(8-3-9-19(27)26-17)13-4-1-6-15(10-13)21(29)30/h1-12,20,28H,(H,29,30). The van der Waals surface area contributed by atoms with E-state index in [0.717, 1.165) is 12.1 Å². The molecule has 30 heavy (non-hydrogen) atoms. The van der Waals surface area contributed by atoms with Crippen molar-refractivity contribution in [3.05, 3.63) is 95.3 Å². The van der Waals surface area contributed by atoms with E-state index in [1.54, 1.807) is 34.7 Å². The fourth-order valence-corrected chi connectivity index (χ4v) is 3.26. The fourth-order valence-electron chi connectivity index (χ4n) is 3.26. The molecule has 0 amide bonds. The van der Waals surface area contributed by atoms with Gasteiger partial charge < -0.3 is 10.2 Å². The van der Waals surface area contributed by atoms with Gasteiger partial charge in [0.1, 0.15) is 11.8 Å². The van der Waals surface area contributed by atoms with Crippen LogP contribution in [0.2, 0.25) is 0 Å². The molecule has 5 nitrogen and oxygen atoms in total. The number of hydrogen-bond donors (Lipinski definition) is 2. The van der Waals surface area contributed by atoms with E-state index in [1.165, 1.54) is 30.5 Å². The Bertz CT molecular complexity index is 1250. The third-order valence-corrected chi connectivity index (χ3v) is 4.73. The van der Waals surface area contributed by atoms with Crippen LogP contribution in [-0.2, 0) is 6.18 Å². The van der Waals surface area contributed by atoms with E-state index in [-0.39, 0.29) is 16.8 Å². The number of carbonyl (C=O) groups is 1. The molecule has 152 valence electrons. The molecule has 2 heterocycles. The molecule has 0 saturated heterocycles. The maximum atomic E-state index is 13.0. The normalized spacial score (nSPS) is 12.8. The van der Waals surface area contributed by atoms with Gasteiger partial charge in [0.05, 0.1) is 22.5 Å². The summed E-state index contributed by atoms with van der Waals surface area (Å²) in [4.78, 5) is 15.6. The van der Waals surface area contributed by atoms with E-state index in [4.69, 9.17) is 0 Å². The average Bonchev–Trinajstić information content (AvgIpc) is 3.17. The van der Waals surface area contributed by atoms with Crippen molar-refractivity contribution in [1.29, 1.82) is 0 Å². The van der Waals surface area contributed by atoms with Crippen LogP contribution in [0.25, 0.3) is 16.9 Å². The van der Waals surface area contributed by atoms with Crippen LogP contribution in [0, 0.1) is 0 Å². The number of aromatic carboxylic acids is 1. The third kappa shape index (κ3) is 3.65. The molecular weight excluding hydrogens is 397 g/mol. The Morgan fingerprint density at radius 1 is 1.00 bits per heavy atom. The molecule has 0 aliphatic heterocycles. The lowest BCUT2D eigenvalue weighted by molar-refractivity contribution is -0.137. The number of carboxylic acids is 1. The molecule has 0 fully saturated rings. The van der Waals surface area contributed by atoms with Gasteiger partial charge in [-0.15, -0.1) is 0 Å². The molecule has 2 N–H and O–H groups in total. The zero-order valence-electron chi connectivity index (χ0n) is 15.3. The first-order valence-electron chi connectivity index (χ1n) is 8.91. The van der Waals surface area contributed by atoms with Gasteiger partial charge >= 0.3 is 12.1 Å². The van der Waals surface area contributed by atoms with Crippen LogP contribution < -0.4 is 0 Å². The van der Waals surface area contributed by atoms with Crippen LogP contribution in [0.4, 0.5) is 13.2 Å². The summed E-state index contributed by atoms with van der Waals surface area (Å²) in [5.41, 5.74) is 1.24. The molecular formula is C22H15F3N2O3.